The molecule has 2 atom stereocenters. The monoisotopic (exact) mass is 151 g/mol. The van der Waals surface area contributed by atoms with Crippen LogP contribution in [0.25, 0.3) is 0 Å². The zero-order valence-electron chi connectivity index (χ0n) is 6.79. The van der Waals surface area contributed by atoms with Crippen LogP contribution in [0.3, 0.4) is 0 Å². The molecule has 0 radical (unpaired) electrons. The lowest BCUT2D eigenvalue weighted by atomic mass is 10.1. The molecule has 2 heteroatoms. The highest BCUT2D eigenvalue weighted by molar-refractivity contribution is 5.52. The zero-order chi connectivity index (χ0) is 8.27. The van der Waals surface area contributed by atoms with Gasteiger partial charge in [-0.05, 0) is 13.3 Å². The van der Waals surface area contributed by atoms with Crippen LogP contribution in [-0.4, -0.2) is 30.3 Å². The SMILES string of the molecule is C#C[C@@H]1CC(C)N(CC=O)C1. The van der Waals surface area contributed by atoms with E-state index >= 15 is 0 Å². The Balaban J connectivity index is 2.46. The predicted octanol–water partition coefficient (Wildman–Crippen LogP) is 0.529. The second-order valence-corrected chi connectivity index (χ2v) is 3.07. The van der Waals surface area contributed by atoms with Crippen LogP contribution in [0.15, 0.2) is 0 Å². The van der Waals surface area contributed by atoms with Crippen LogP contribution in [0.2, 0.25) is 0 Å². The van der Waals surface area contributed by atoms with Gasteiger partial charge in [0, 0.05) is 18.5 Å². The molecule has 1 unspecified atom stereocenters. The van der Waals surface area contributed by atoms with Crippen molar-refractivity contribution >= 4 is 6.29 Å². The normalized spacial score (nSPS) is 31.6. The van der Waals surface area contributed by atoms with E-state index in [4.69, 9.17) is 6.42 Å². The van der Waals surface area contributed by atoms with Crippen molar-refractivity contribution in [3.05, 3.63) is 0 Å². The van der Waals surface area contributed by atoms with E-state index in [1.807, 2.05) is 0 Å². The third-order valence-corrected chi connectivity index (χ3v) is 2.25. The van der Waals surface area contributed by atoms with Gasteiger partial charge in [-0.1, -0.05) is 0 Å². The van der Waals surface area contributed by atoms with Crippen molar-refractivity contribution in [1.82, 2.24) is 4.90 Å². The fourth-order valence-electron chi connectivity index (χ4n) is 1.57. The third kappa shape index (κ3) is 1.81. The standard InChI is InChI=1S/C9H13NO/c1-3-9-6-8(2)10(7-9)4-5-11/h1,5,8-9H,4,6-7H2,2H3/t8?,9-/m1/s1. The topological polar surface area (TPSA) is 20.3 Å². The highest BCUT2D eigenvalue weighted by Gasteiger charge is 2.26. The Morgan fingerprint density at radius 2 is 2.55 bits per heavy atom. The lowest BCUT2D eigenvalue weighted by Gasteiger charge is -2.16. The number of carbonyl (C=O) groups excluding carboxylic acids is 1. The summed E-state index contributed by atoms with van der Waals surface area (Å²) in [7, 11) is 0. The van der Waals surface area contributed by atoms with Crippen LogP contribution >= 0.6 is 0 Å². The van der Waals surface area contributed by atoms with Gasteiger partial charge in [0.15, 0.2) is 0 Å². The Kier molecular flexibility index (Phi) is 2.67. The summed E-state index contributed by atoms with van der Waals surface area (Å²) in [6.07, 6.45) is 7.26. The van der Waals surface area contributed by atoms with E-state index in [-0.39, 0.29) is 0 Å². The van der Waals surface area contributed by atoms with Gasteiger partial charge in [0.2, 0.25) is 0 Å². The van der Waals surface area contributed by atoms with Crippen LogP contribution in [-0.2, 0) is 4.79 Å². The molecule has 0 aromatic carbocycles. The summed E-state index contributed by atoms with van der Waals surface area (Å²) in [5, 5.41) is 0. The van der Waals surface area contributed by atoms with Gasteiger partial charge in [0.05, 0.1) is 6.54 Å². The number of hydrogen-bond acceptors (Lipinski definition) is 2. The Morgan fingerprint density at radius 3 is 3.00 bits per heavy atom. The summed E-state index contributed by atoms with van der Waals surface area (Å²) < 4.78 is 0. The quantitative estimate of drug-likeness (QED) is 0.424. The van der Waals surface area contributed by atoms with Crippen LogP contribution in [0.4, 0.5) is 0 Å². The molecule has 2 nitrogen and oxygen atoms in total. The summed E-state index contributed by atoms with van der Waals surface area (Å²) in [6.45, 7) is 3.52. The number of terminal acetylenes is 1. The fourth-order valence-corrected chi connectivity index (χ4v) is 1.57. The highest BCUT2D eigenvalue weighted by atomic mass is 16.1. The second-order valence-electron chi connectivity index (χ2n) is 3.07. The maximum atomic E-state index is 10.2. The molecule has 0 aromatic rings. The zero-order valence-corrected chi connectivity index (χ0v) is 6.79. The van der Waals surface area contributed by atoms with Crippen molar-refractivity contribution in [2.75, 3.05) is 13.1 Å². The largest absolute Gasteiger partial charge is 0.302 e. The molecule has 0 aliphatic carbocycles. The Hall–Kier alpha value is -0.810. The average Bonchev–Trinajstić information content (AvgIpc) is 2.33. The van der Waals surface area contributed by atoms with E-state index in [0.717, 1.165) is 19.3 Å². The van der Waals surface area contributed by atoms with Gasteiger partial charge in [-0.3, -0.25) is 4.90 Å². The van der Waals surface area contributed by atoms with Crippen molar-refractivity contribution in [2.45, 2.75) is 19.4 Å². The predicted molar refractivity (Wildman–Crippen MR) is 44.0 cm³/mol. The molecule has 1 rings (SSSR count). The van der Waals surface area contributed by atoms with Crippen molar-refractivity contribution in [1.29, 1.82) is 0 Å². The van der Waals surface area contributed by atoms with Crippen molar-refractivity contribution in [2.24, 2.45) is 5.92 Å². The lowest BCUT2D eigenvalue weighted by molar-refractivity contribution is -0.109. The number of aldehydes is 1. The molecule has 1 fully saturated rings. The Morgan fingerprint density at radius 1 is 1.82 bits per heavy atom. The third-order valence-electron chi connectivity index (χ3n) is 2.25. The van der Waals surface area contributed by atoms with Gasteiger partial charge >= 0.3 is 0 Å². The molecule has 0 N–H and O–H groups in total. The van der Waals surface area contributed by atoms with Gasteiger partial charge in [-0.15, -0.1) is 12.3 Å². The van der Waals surface area contributed by atoms with Gasteiger partial charge < -0.3 is 4.79 Å². The van der Waals surface area contributed by atoms with Gasteiger partial charge in [-0.2, -0.15) is 0 Å². The molecular formula is C9H13NO. The average molecular weight is 151 g/mol. The first kappa shape index (κ1) is 8.29. The van der Waals surface area contributed by atoms with Gasteiger partial charge in [-0.25, -0.2) is 0 Å². The Bertz CT molecular complexity index is 182. The highest BCUT2D eigenvalue weighted by Crippen LogP contribution is 2.20. The molecule has 1 heterocycles. The maximum Gasteiger partial charge on any atom is 0.133 e. The molecule has 60 valence electrons. The van der Waals surface area contributed by atoms with Gasteiger partial charge in [0.1, 0.15) is 6.29 Å². The maximum absolute atomic E-state index is 10.2. The summed E-state index contributed by atoms with van der Waals surface area (Å²) in [6, 6.07) is 0.473. The first-order chi connectivity index (χ1) is 5.27. The van der Waals surface area contributed by atoms with Crippen LogP contribution in [0.5, 0.6) is 0 Å². The molecule has 1 aliphatic rings. The first-order valence-electron chi connectivity index (χ1n) is 3.91. The molecule has 0 aromatic heterocycles. The number of likely N-dealkylation sites (tertiary alicyclic amines) is 1. The second kappa shape index (κ2) is 3.54. The van der Waals surface area contributed by atoms with Gasteiger partial charge in [0.25, 0.3) is 0 Å². The molecule has 1 aliphatic heterocycles. The lowest BCUT2D eigenvalue weighted by Crippen LogP contribution is -2.28. The van der Waals surface area contributed by atoms with Crippen molar-refractivity contribution in [3.8, 4) is 12.3 Å². The summed E-state index contributed by atoms with van der Waals surface area (Å²) in [4.78, 5) is 12.3. The van der Waals surface area contributed by atoms with Crippen LogP contribution in [0, 0.1) is 18.3 Å². The van der Waals surface area contributed by atoms with Crippen molar-refractivity contribution in [3.63, 3.8) is 0 Å². The van der Waals surface area contributed by atoms with E-state index in [1.54, 1.807) is 0 Å². The smallest absolute Gasteiger partial charge is 0.133 e. The molecule has 0 amide bonds. The first-order valence-corrected chi connectivity index (χ1v) is 3.91. The minimum absolute atomic E-state index is 0.352. The van der Waals surface area contributed by atoms with Crippen LogP contribution < -0.4 is 0 Å². The van der Waals surface area contributed by atoms with E-state index in [1.165, 1.54) is 0 Å². The summed E-state index contributed by atoms with van der Waals surface area (Å²) in [5.74, 6) is 3.08. The Labute approximate surface area is 67.6 Å². The molecule has 0 bridgehead atoms. The molecule has 1 saturated heterocycles. The minimum Gasteiger partial charge on any atom is -0.302 e. The summed E-state index contributed by atoms with van der Waals surface area (Å²) in [5.41, 5.74) is 0. The van der Waals surface area contributed by atoms with E-state index in [0.29, 0.717) is 18.5 Å². The van der Waals surface area contributed by atoms with E-state index in [2.05, 4.69) is 17.7 Å². The van der Waals surface area contributed by atoms with Crippen molar-refractivity contribution < 1.29 is 4.79 Å². The van der Waals surface area contributed by atoms with Crippen LogP contribution in [0.1, 0.15) is 13.3 Å². The number of carbonyl (C=O) groups is 1. The molecule has 11 heavy (non-hydrogen) atoms. The number of nitrogens with zero attached hydrogens (tertiary/aromatic N) is 1. The molecule has 0 spiro atoms. The van der Waals surface area contributed by atoms with E-state index < -0.39 is 0 Å². The number of rotatable bonds is 2. The summed E-state index contributed by atoms with van der Waals surface area (Å²) >= 11 is 0. The number of hydrogen-bond donors (Lipinski definition) is 0. The fraction of sp³-hybridized carbons (Fsp3) is 0.667. The minimum atomic E-state index is 0.352. The molecular weight excluding hydrogens is 138 g/mol. The van der Waals surface area contributed by atoms with E-state index in [9.17, 15) is 4.79 Å². The molecule has 0 saturated carbocycles.